The fourth-order valence-electron chi connectivity index (χ4n) is 5.04. The van der Waals surface area contributed by atoms with Crippen molar-refractivity contribution in [2.45, 2.75) is 44.4 Å². The van der Waals surface area contributed by atoms with Crippen molar-refractivity contribution >= 4 is 18.0 Å². The highest BCUT2D eigenvalue weighted by Crippen LogP contribution is 2.44. The van der Waals surface area contributed by atoms with Crippen LogP contribution in [0.25, 0.3) is 11.1 Å². The Morgan fingerprint density at radius 1 is 0.941 bits per heavy atom. The molecule has 4 rings (SSSR count). The second-order valence-corrected chi connectivity index (χ2v) is 9.11. The predicted molar refractivity (Wildman–Crippen MR) is 128 cm³/mol. The maximum atomic E-state index is 12.4. The second-order valence-electron chi connectivity index (χ2n) is 9.11. The molecule has 2 aromatic carbocycles. The molecule has 1 heterocycles. The minimum absolute atomic E-state index is 0.0261. The number of carbonyl (C=O) groups excluding carboxylic acids is 2. The van der Waals surface area contributed by atoms with E-state index in [1.54, 1.807) is 0 Å². The zero-order chi connectivity index (χ0) is 23.9. The molecule has 2 aromatic rings. The van der Waals surface area contributed by atoms with E-state index in [0.717, 1.165) is 12.8 Å². The van der Waals surface area contributed by atoms with Crippen molar-refractivity contribution in [3.63, 3.8) is 0 Å². The summed E-state index contributed by atoms with van der Waals surface area (Å²) in [5.74, 6) is -0.262. The number of fused-ring (bicyclic) bond motifs is 3. The summed E-state index contributed by atoms with van der Waals surface area (Å²) in [6, 6.07) is 16.4. The third kappa shape index (κ3) is 5.76. The number of nitrogens with zero attached hydrogens (tertiary/aromatic N) is 1. The highest BCUT2D eigenvalue weighted by molar-refractivity contribution is 5.79. The van der Waals surface area contributed by atoms with E-state index in [1.165, 1.54) is 22.3 Å². The number of hydrogen-bond acceptors (Lipinski definition) is 4. The van der Waals surface area contributed by atoms with Gasteiger partial charge in [0.25, 0.3) is 0 Å². The van der Waals surface area contributed by atoms with E-state index in [9.17, 15) is 14.4 Å². The summed E-state index contributed by atoms with van der Waals surface area (Å²) in [5.41, 5.74) is 4.73. The van der Waals surface area contributed by atoms with Crippen molar-refractivity contribution in [3.8, 4) is 11.1 Å². The highest BCUT2D eigenvalue weighted by Gasteiger charge is 2.29. The molecule has 1 aliphatic heterocycles. The van der Waals surface area contributed by atoms with E-state index in [0.29, 0.717) is 44.8 Å². The summed E-state index contributed by atoms with van der Waals surface area (Å²) < 4.78 is 5.53. The van der Waals surface area contributed by atoms with Crippen LogP contribution in [0.2, 0.25) is 0 Å². The number of aliphatic carboxylic acids is 1. The number of carboxylic acid groups (broad SMARTS) is 1. The van der Waals surface area contributed by atoms with Gasteiger partial charge in [-0.05, 0) is 53.9 Å². The Balaban J connectivity index is 1.15. The van der Waals surface area contributed by atoms with Gasteiger partial charge in [0.05, 0.1) is 0 Å². The smallest absolute Gasteiger partial charge is 0.407 e. The number of carboxylic acids is 1. The molecule has 34 heavy (non-hydrogen) atoms. The quantitative estimate of drug-likeness (QED) is 0.536. The van der Waals surface area contributed by atoms with Gasteiger partial charge in [-0.25, -0.2) is 4.79 Å². The van der Waals surface area contributed by atoms with Crippen LogP contribution in [0.4, 0.5) is 4.79 Å². The molecule has 0 saturated carbocycles. The van der Waals surface area contributed by atoms with E-state index >= 15 is 0 Å². The Bertz CT molecular complexity index is 984. The number of piperidine rings is 1. The molecule has 0 atom stereocenters. The number of benzene rings is 2. The maximum Gasteiger partial charge on any atom is 0.407 e. The minimum atomic E-state index is -0.762. The molecule has 2 aliphatic rings. The first kappa shape index (κ1) is 23.8. The molecule has 2 amide bonds. The first-order valence-corrected chi connectivity index (χ1v) is 12.1. The van der Waals surface area contributed by atoms with Crippen LogP contribution in [0.1, 0.15) is 55.6 Å². The zero-order valence-electron chi connectivity index (χ0n) is 19.4. The van der Waals surface area contributed by atoms with Gasteiger partial charge in [0.15, 0.2) is 0 Å². The Labute approximate surface area is 200 Å². The predicted octanol–water partition coefficient (Wildman–Crippen LogP) is 4.41. The van der Waals surface area contributed by atoms with Crippen LogP contribution in [0.15, 0.2) is 48.5 Å². The number of alkyl carbamates (subject to hydrolysis) is 1. The van der Waals surface area contributed by atoms with Gasteiger partial charge in [0, 0.05) is 38.4 Å². The molecule has 0 radical (unpaired) electrons. The topological polar surface area (TPSA) is 95.9 Å². The van der Waals surface area contributed by atoms with Crippen molar-refractivity contribution in [3.05, 3.63) is 59.7 Å². The molecule has 0 bridgehead atoms. The summed E-state index contributed by atoms with van der Waals surface area (Å²) in [4.78, 5) is 37.2. The Morgan fingerprint density at radius 2 is 1.56 bits per heavy atom. The lowest BCUT2D eigenvalue weighted by Crippen LogP contribution is -2.38. The van der Waals surface area contributed by atoms with Crippen LogP contribution in [0, 0.1) is 5.92 Å². The number of amides is 2. The lowest BCUT2D eigenvalue weighted by molar-refractivity contribution is -0.138. The van der Waals surface area contributed by atoms with Crippen LogP contribution in [0.3, 0.4) is 0 Å². The number of hydrogen-bond donors (Lipinski definition) is 2. The van der Waals surface area contributed by atoms with Crippen molar-refractivity contribution in [2.24, 2.45) is 5.92 Å². The SMILES string of the molecule is O=C(O)CCC1CCN(C(=O)CCCNC(=O)OCC2c3ccccc3-c3ccccc32)CC1. The number of nitrogens with one attached hydrogen (secondary N) is 1. The third-order valence-corrected chi connectivity index (χ3v) is 6.91. The lowest BCUT2D eigenvalue weighted by Gasteiger charge is -2.32. The third-order valence-electron chi connectivity index (χ3n) is 6.91. The van der Waals surface area contributed by atoms with Gasteiger partial charge in [-0.1, -0.05) is 48.5 Å². The van der Waals surface area contributed by atoms with Crippen molar-refractivity contribution in [1.82, 2.24) is 10.2 Å². The molecular formula is C27H32N2O5. The van der Waals surface area contributed by atoms with Crippen molar-refractivity contribution < 1.29 is 24.2 Å². The molecule has 1 saturated heterocycles. The normalized spacial score (nSPS) is 15.5. The Kier molecular flexibility index (Phi) is 7.83. The molecule has 0 aromatic heterocycles. The molecule has 2 N–H and O–H groups in total. The summed E-state index contributed by atoms with van der Waals surface area (Å²) in [6.45, 7) is 2.03. The molecule has 180 valence electrons. The molecule has 1 fully saturated rings. The summed E-state index contributed by atoms with van der Waals surface area (Å²) in [7, 11) is 0. The van der Waals surface area contributed by atoms with E-state index in [4.69, 9.17) is 9.84 Å². The summed E-state index contributed by atoms with van der Waals surface area (Å²) in [5, 5.41) is 11.6. The van der Waals surface area contributed by atoms with Crippen LogP contribution in [-0.2, 0) is 14.3 Å². The van der Waals surface area contributed by atoms with E-state index in [1.807, 2.05) is 29.2 Å². The van der Waals surface area contributed by atoms with Gasteiger partial charge in [-0.3, -0.25) is 9.59 Å². The molecule has 7 heteroatoms. The number of ether oxygens (including phenoxy) is 1. The Morgan fingerprint density at radius 3 is 2.18 bits per heavy atom. The number of carbonyl (C=O) groups is 3. The van der Waals surface area contributed by atoms with Gasteiger partial charge < -0.3 is 20.1 Å². The van der Waals surface area contributed by atoms with E-state index < -0.39 is 12.1 Å². The van der Waals surface area contributed by atoms with Gasteiger partial charge in [0.2, 0.25) is 5.91 Å². The van der Waals surface area contributed by atoms with E-state index in [-0.39, 0.29) is 24.9 Å². The van der Waals surface area contributed by atoms with Crippen molar-refractivity contribution in [2.75, 3.05) is 26.2 Å². The van der Waals surface area contributed by atoms with Gasteiger partial charge in [-0.2, -0.15) is 0 Å². The summed E-state index contributed by atoms with van der Waals surface area (Å²) in [6.07, 6.45) is 3.06. The monoisotopic (exact) mass is 464 g/mol. The first-order valence-electron chi connectivity index (χ1n) is 12.1. The Hall–Kier alpha value is -3.35. The zero-order valence-corrected chi connectivity index (χ0v) is 19.4. The fourth-order valence-corrected chi connectivity index (χ4v) is 5.04. The highest BCUT2D eigenvalue weighted by atomic mass is 16.5. The number of rotatable bonds is 9. The van der Waals surface area contributed by atoms with Crippen LogP contribution in [-0.4, -0.2) is 54.2 Å². The lowest BCUT2D eigenvalue weighted by atomic mass is 9.92. The molecule has 0 spiro atoms. The van der Waals surface area contributed by atoms with E-state index in [2.05, 4.69) is 29.6 Å². The largest absolute Gasteiger partial charge is 0.481 e. The standard InChI is InChI=1S/C27H32N2O5/c30-25(29-16-13-19(14-17-29)11-12-26(31)32)10-5-15-28-27(33)34-18-24-22-8-3-1-6-20(22)21-7-2-4-9-23(21)24/h1-4,6-9,19,24H,5,10-18H2,(H,28,33)(H,31,32). The fraction of sp³-hybridized carbons (Fsp3) is 0.444. The van der Waals surface area contributed by atoms with Gasteiger partial charge >= 0.3 is 12.1 Å². The van der Waals surface area contributed by atoms with Crippen LogP contribution in [0.5, 0.6) is 0 Å². The van der Waals surface area contributed by atoms with Crippen LogP contribution >= 0.6 is 0 Å². The van der Waals surface area contributed by atoms with Gasteiger partial charge in [-0.15, -0.1) is 0 Å². The maximum absolute atomic E-state index is 12.4. The van der Waals surface area contributed by atoms with Gasteiger partial charge in [0.1, 0.15) is 6.61 Å². The average Bonchev–Trinajstić information content (AvgIpc) is 3.18. The average molecular weight is 465 g/mol. The minimum Gasteiger partial charge on any atom is -0.481 e. The van der Waals surface area contributed by atoms with Crippen molar-refractivity contribution in [1.29, 1.82) is 0 Å². The summed E-state index contributed by atoms with van der Waals surface area (Å²) >= 11 is 0. The van der Waals surface area contributed by atoms with Crippen LogP contribution < -0.4 is 5.32 Å². The number of likely N-dealkylation sites (tertiary alicyclic amines) is 1. The molecule has 0 unspecified atom stereocenters. The second kappa shape index (κ2) is 11.2. The molecular weight excluding hydrogens is 432 g/mol. The first-order chi connectivity index (χ1) is 16.5. The molecule has 7 nitrogen and oxygen atoms in total. The molecule has 1 aliphatic carbocycles.